The highest BCUT2D eigenvalue weighted by Crippen LogP contribution is 2.18. The summed E-state index contributed by atoms with van der Waals surface area (Å²) in [5.41, 5.74) is 2.82. The SMILES string of the molecule is CCCNC(CN(C)CCCN(C)C)c1ccccc1C. The first-order valence-corrected chi connectivity index (χ1v) is 8.16. The molecular formula is C18H33N3. The molecule has 0 saturated heterocycles. The van der Waals surface area contributed by atoms with E-state index in [1.165, 1.54) is 24.0 Å². The Bertz CT molecular complexity index is 390. The van der Waals surface area contributed by atoms with E-state index >= 15 is 0 Å². The quantitative estimate of drug-likeness (QED) is 0.715. The molecule has 1 rings (SSSR count). The third-order valence-corrected chi connectivity index (χ3v) is 3.84. The first kappa shape index (κ1) is 18.1. The summed E-state index contributed by atoms with van der Waals surface area (Å²) in [5.74, 6) is 0. The van der Waals surface area contributed by atoms with Crippen LogP contribution in [0.25, 0.3) is 0 Å². The Labute approximate surface area is 131 Å². The fraction of sp³-hybridized carbons (Fsp3) is 0.667. The van der Waals surface area contributed by atoms with Crippen molar-refractivity contribution in [1.82, 2.24) is 15.1 Å². The lowest BCUT2D eigenvalue weighted by Crippen LogP contribution is -2.35. The van der Waals surface area contributed by atoms with Crippen LogP contribution in [-0.4, -0.2) is 57.1 Å². The maximum Gasteiger partial charge on any atom is 0.0451 e. The molecule has 1 aromatic carbocycles. The number of hydrogen-bond acceptors (Lipinski definition) is 3. The molecule has 0 aliphatic carbocycles. The van der Waals surface area contributed by atoms with E-state index in [0.717, 1.165) is 26.2 Å². The summed E-state index contributed by atoms with van der Waals surface area (Å²) in [4.78, 5) is 4.70. The van der Waals surface area contributed by atoms with Crippen LogP contribution >= 0.6 is 0 Å². The Balaban J connectivity index is 2.59. The zero-order valence-corrected chi connectivity index (χ0v) is 14.5. The summed E-state index contributed by atoms with van der Waals surface area (Å²) >= 11 is 0. The van der Waals surface area contributed by atoms with Gasteiger partial charge in [-0.15, -0.1) is 0 Å². The van der Waals surface area contributed by atoms with Crippen molar-refractivity contribution < 1.29 is 0 Å². The van der Waals surface area contributed by atoms with Gasteiger partial charge in [-0.05, 0) is 71.7 Å². The lowest BCUT2D eigenvalue weighted by Gasteiger charge is -2.27. The summed E-state index contributed by atoms with van der Waals surface area (Å²) in [6, 6.07) is 9.17. The Morgan fingerprint density at radius 1 is 1.10 bits per heavy atom. The molecule has 0 heterocycles. The van der Waals surface area contributed by atoms with E-state index < -0.39 is 0 Å². The third kappa shape index (κ3) is 7.07. The average molecular weight is 291 g/mol. The number of nitrogens with zero attached hydrogens (tertiary/aromatic N) is 2. The van der Waals surface area contributed by atoms with Crippen LogP contribution in [0.1, 0.15) is 36.9 Å². The van der Waals surface area contributed by atoms with Crippen molar-refractivity contribution in [1.29, 1.82) is 0 Å². The van der Waals surface area contributed by atoms with Crippen LogP contribution in [0, 0.1) is 6.92 Å². The molecule has 0 saturated carbocycles. The molecule has 1 unspecified atom stereocenters. The summed E-state index contributed by atoms with van der Waals surface area (Å²) in [7, 11) is 6.51. The molecule has 1 N–H and O–H groups in total. The van der Waals surface area contributed by atoms with Gasteiger partial charge < -0.3 is 15.1 Å². The van der Waals surface area contributed by atoms with Crippen molar-refractivity contribution in [3.63, 3.8) is 0 Å². The van der Waals surface area contributed by atoms with Crippen molar-refractivity contribution >= 4 is 0 Å². The van der Waals surface area contributed by atoms with Crippen LogP contribution in [0.3, 0.4) is 0 Å². The van der Waals surface area contributed by atoms with E-state index in [1.807, 2.05) is 0 Å². The summed E-state index contributed by atoms with van der Waals surface area (Å²) in [6.45, 7) is 8.88. The van der Waals surface area contributed by atoms with E-state index in [-0.39, 0.29) is 0 Å². The van der Waals surface area contributed by atoms with Gasteiger partial charge in [0.15, 0.2) is 0 Å². The normalized spacial score (nSPS) is 13.1. The van der Waals surface area contributed by atoms with Crippen LogP contribution < -0.4 is 5.32 Å². The lowest BCUT2D eigenvalue weighted by atomic mass is 10.0. The Kier molecular flexibility index (Phi) is 8.58. The number of aryl methyl sites for hydroxylation is 1. The van der Waals surface area contributed by atoms with Crippen molar-refractivity contribution in [2.75, 3.05) is 47.3 Å². The Hall–Kier alpha value is -0.900. The molecule has 21 heavy (non-hydrogen) atoms. The first-order valence-electron chi connectivity index (χ1n) is 8.16. The monoisotopic (exact) mass is 291 g/mol. The smallest absolute Gasteiger partial charge is 0.0451 e. The zero-order valence-electron chi connectivity index (χ0n) is 14.5. The summed E-state index contributed by atoms with van der Waals surface area (Å²) < 4.78 is 0. The van der Waals surface area contributed by atoms with Gasteiger partial charge in [-0.1, -0.05) is 31.2 Å². The van der Waals surface area contributed by atoms with E-state index in [1.54, 1.807) is 0 Å². The van der Waals surface area contributed by atoms with Crippen LogP contribution in [-0.2, 0) is 0 Å². The maximum atomic E-state index is 3.70. The average Bonchev–Trinajstić information content (AvgIpc) is 2.43. The van der Waals surface area contributed by atoms with E-state index in [9.17, 15) is 0 Å². The van der Waals surface area contributed by atoms with Crippen molar-refractivity contribution in [3.05, 3.63) is 35.4 Å². The van der Waals surface area contributed by atoms with Gasteiger partial charge in [0.05, 0.1) is 0 Å². The largest absolute Gasteiger partial charge is 0.309 e. The second-order valence-electron chi connectivity index (χ2n) is 6.28. The summed E-state index contributed by atoms with van der Waals surface area (Å²) in [6.07, 6.45) is 2.39. The molecule has 0 amide bonds. The molecule has 120 valence electrons. The Morgan fingerprint density at radius 2 is 1.81 bits per heavy atom. The highest BCUT2D eigenvalue weighted by atomic mass is 15.1. The molecular weight excluding hydrogens is 258 g/mol. The fourth-order valence-electron chi connectivity index (χ4n) is 2.63. The van der Waals surface area contributed by atoms with Gasteiger partial charge in [-0.2, -0.15) is 0 Å². The highest BCUT2D eigenvalue weighted by molar-refractivity contribution is 5.29. The molecule has 1 aromatic rings. The topological polar surface area (TPSA) is 18.5 Å². The standard InChI is InChI=1S/C18H33N3/c1-6-12-19-18(17-11-8-7-10-16(17)2)15-21(5)14-9-13-20(3)4/h7-8,10-11,18-19H,6,9,12-15H2,1-5H3. The molecule has 1 atom stereocenters. The van der Waals surface area contributed by atoms with Crippen LogP contribution in [0.2, 0.25) is 0 Å². The minimum Gasteiger partial charge on any atom is -0.309 e. The highest BCUT2D eigenvalue weighted by Gasteiger charge is 2.14. The third-order valence-electron chi connectivity index (χ3n) is 3.84. The molecule has 0 aliphatic heterocycles. The van der Waals surface area contributed by atoms with Crippen LogP contribution in [0.4, 0.5) is 0 Å². The van der Waals surface area contributed by atoms with Crippen LogP contribution in [0.15, 0.2) is 24.3 Å². The lowest BCUT2D eigenvalue weighted by molar-refractivity contribution is 0.270. The van der Waals surface area contributed by atoms with Gasteiger partial charge in [-0.25, -0.2) is 0 Å². The van der Waals surface area contributed by atoms with Crippen molar-refractivity contribution in [2.24, 2.45) is 0 Å². The molecule has 3 heteroatoms. The minimum atomic E-state index is 0.426. The van der Waals surface area contributed by atoms with Crippen molar-refractivity contribution in [3.8, 4) is 0 Å². The predicted molar refractivity (Wildman–Crippen MR) is 92.9 cm³/mol. The maximum absolute atomic E-state index is 3.70. The van der Waals surface area contributed by atoms with Gasteiger partial charge in [0, 0.05) is 12.6 Å². The molecule has 0 aliphatic rings. The second kappa shape index (κ2) is 9.93. The molecule has 0 bridgehead atoms. The first-order chi connectivity index (χ1) is 10.0. The molecule has 0 aromatic heterocycles. The van der Waals surface area contributed by atoms with Gasteiger partial charge in [0.2, 0.25) is 0 Å². The second-order valence-corrected chi connectivity index (χ2v) is 6.28. The number of likely N-dealkylation sites (N-methyl/N-ethyl adjacent to an activating group) is 1. The molecule has 3 nitrogen and oxygen atoms in total. The number of nitrogens with one attached hydrogen (secondary N) is 1. The summed E-state index contributed by atoms with van der Waals surface area (Å²) in [5, 5.41) is 3.70. The van der Waals surface area contributed by atoms with Gasteiger partial charge in [0.1, 0.15) is 0 Å². The van der Waals surface area contributed by atoms with Crippen LogP contribution in [0.5, 0.6) is 0 Å². The van der Waals surface area contributed by atoms with Gasteiger partial charge >= 0.3 is 0 Å². The number of hydrogen-bond donors (Lipinski definition) is 1. The molecule has 0 fully saturated rings. The predicted octanol–water partition coefficient (Wildman–Crippen LogP) is 2.92. The van der Waals surface area contributed by atoms with Gasteiger partial charge in [0.25, 0.3) is 0 Å². The van der Waals surface area contributed by atoms with Crippen molar-refractivity contribution in [2.45, 2.75) is 32.7 Å². The van der Waals surface area contributed by atoms with E-state index in [2.05, 4.69) is 74.4 Å². The van der Waals surface area contributed by atoms with Gasteiger partial charge in [-0.3, -0.25) is 0 Å². The number of rotatable bonds is 10. The van der Waals surface area contributed by atoms with E-state index in [0.29, 0.717) is 6.04 Å². The number of benzene rings is 1. The fourth-order valence-corrected chi connectivity index (χ4v) is 2.63. The Morgan fingerprint density at radius 3 is 2.43 bits per heavy atom. The minimum absolute atomic E-state index is 0.426. The van der Waals surface area contributed by atoms with E-state index in [4.69, 9.17) is 0 Å². The molecule has 0 spiro atoms. The zero-order chi connectivity index (χ0) is 15.7. The molecule has 0 radical (unpaired) electrons.